The van der Waals surface area contributed by atoms with E-state index in [1.54, 1.807) is 0 Å². The monoisotopic (exact) mass is 638 g/mol. The molecule has 0 aromatic heterocycles. The Labute approximate surface area is 285 Å². The van der Waals surface area contributed by atoms with Crippen LogP contribution in [0.5, 0.6) is 0 Å². The molecule has 0 aliphatic heterocycles. The number of ether oxygens (including phenoxy) is 1. The zero-order chi connectivity index (χ0) is 31.2. The predicted octanol–water partition coefficient (Wildman–Crippen LogP) is 11.4. The van der Waals surface area contributed by atoms with Gasteiger partial charge in [-0.15, -0.1) is 0 Å². The molecule has 43 heavy (non-hydrogen) atoms. The Hall–Kier alpha value is 0.0762. The molecule has 0 aliphatic carbocycles. The van der Waals surface area contributed by atoms with Crippen molar-refractivity contribution in [2.45, 2.75) is 194 Å². The molecule has 0 spiro atoms. The van der Waals surface area contributed by atoms with E-state index in [0.29, 0.717) is 0 Å². The van der Waals surface area contributed by atoms with Crippen LogP contribution < -0.4 is 0 Å². The summed E-state index contributed by atoms with van der Waals surface area (Å²) in [5.74, 6) is 0. The summed E-state index contributed by atoms with van der Waals surface area (Å²) in [5, 5.41) is 0. The maximum atomic E-state index is 8.52. The minimum Gasteiger partial charge on any atom is -0.759 e. The predicted molar refractivity (Wildman–Crippen MR) is 186 cm³/mol. The molecular weight excluding hydrogens is 569 g/mol. The number of rotatable bonds is 32. The van der Waals surface area contributed by atoms with Gasteiger partial charge in [-0.25, -0.2) is 0 Å². The first-order valence-corrected chi connectivity index (χ1v) is 19.3. The molecular formula is C36H70MgO5S. The van der Waals surface area contributed by atoms with Crippen molar-refractivity contribution in [3.05, 3.63) is 24.3 Å². The normalized spacial score (nSPS) is 11.6. The third-order valence-corrected chi connectivity index (χ3v) is 7.60. The zero-order valence-corrected chi connectivity index (χ0v) is 30.9. The van der Waals surface area contributed by atoms with Gasteiger partial charge in [0.15, 0.2) is 0 Å². The van der Waals surface area contributed by atoms with E-state index in [-0.39, 0.29) is 23.1 Å². The quantitative estimate of drug-likeness (QED) is 0.0240. The van der Waals surface area contributed by atoms with Crippen molar-refractivity contribution in [2.24, 2.45) is 0 Å². The van der Waals surface area contributed by atoms with E-state index in [1.807, 2.05) is 0 Å². The van der Waals surface area contributed by atoms with Gasteiger partial charge < -0.3 is 13.8 Å². The number of hydrogen-bond donors (Lipinski definition) is 0. The molecule has 0 aliphatic rings. The van der Waals surface area contributed by atoms with E-state index in [0.717, 1.165) is 13.2 Å². The van der Waals surface area contributed by atoms with Crippen LogP contribution in [-0.4, -0.2) is 53.8 Å². The van der Waals surface area contributed by atoms with Crippen molar-refractivity contribution in [3.8, 4) is 0 Å². The van der Waals surface area contributed by atoms with Gasteiger partial charge in [-0.2, -0.15) is 0 Å². The molecule has 0 heterocycles. The average Bonchev–Trinajstić information content (AvgIpc) is 2.94. The molecule has 0 saturated carbocycles. The Bertz CT molecular complexity index is 604. The Morgan fingerprint density at radius 3 is 0.884 bits per heavy atom. The molecule has 0 radical (unpaired) electrons. The van der Waals surface area contributed by atoms with Crippen molar-refractivity contribution in [1.82, 2.24) is 0 Å². The first-order valence-electron chi connectivity index (χ1n) is 18.0. The van der Waals surface area contributed by atoms with Crippen LogP contribution in [0.15, 0.2) is 24.3 Å². The molecule has 0 aromatic carbocycles. The average molecular weight is 639 g/mol. The summed E-state index contributed by atoms with van der Waals surface area (Å²) < 4.78 is 39.9. The number of allylic oxidation sites excluding steroid dienone is 4. The van der Waals surface area contributed by atoms with Gasteiger partial charge in [-0.3, -0.25) is 8.42 Å². The molecule has 0 unspecified atom stereocenters. The standard InChI is InChI=1S/C36H70O.Mg.H2O4S/c1-3-5-7-9-11-13-15-17-19-21-23-25-27-29-31-33-35-37-36-34-32-30-28-26-24-22-20-18-16-14-12-10-8-6-4-2;;1-5(2,3)4/h17-20H,3-16,21-36H2,1-2H3;;(H2,1,2,3,4)/q;+2;/p-2. The van der Waals surface area contributed by atoms with Crippen LogP contribution in [0.4, 0.5) is 0 Å². The topological polar surface area (TPSA) is 89.5 Å². The molecule has 7 heteroatoms. The van der Waals surface area contributed by atoms with Gasteiger partial charge in [-0.1, -0.05) is 154 Å². The Morgan fingerprint density at radius 1 is 0.419 bits per heavy atom. The molecule has 252 valence electrons. The molecule has 0 fully saturated rings. The number of unbranched alkanes of at least 4 members (excludes halogenated alkanes) is 24. The fourth-order valence-electron chi connectivity index (χ4n) is 5.01. The van der Waals surface area contributed by atoms with Gasteiger partial charge >= 0.3 is 23.1 Å². The van der Waals surface area contributed by atoms with E-state index in [9.17, 15) is 0 Å². The third kappa shape index (κ3) is 58.2. The molecule has 0 N–H and O–H groups in total. The van der Waals surface area contributed by atoms with Gasteiger partial charge in [0.05, 0.1) is 0 Å². The minimum atomic E-state index is -5.17. The second-order valence-electron chi connectivity index (χ2n) is 11.9. The maximum absolute atomic E-state index is 8.52. The maximum Gasteiger partial charge on any atom is 2.00 e. The molecule has 0 bridgehead atoms. The number of hydrogen-bond acceptors (Lipinski definition) is 5. The molecule has 0 saturated heterocycles. The van der Waals surface area contributed by atoms with E-state index in [4.69, 9.17) is 22.3 Å². The molecule has 0 aromatic rings. The van der Waals surface area contributed by atoms with E-state index < -0.39 is 10.4 Å². The molecule has 0 rings (SSSR count). The zero-order valence-electron chi connectivity index (χ0n) is 28.7. The van der Waals surface area contributed by atoms with Crippen LogP contribution in [-0.2, 0) is 15.1 Å². The summed E-state index contributed by atoms with van der Waals surface area (Å²) >= 11 is 0. The molecule has 0 atom stereocenters. The summed E-state index contributed by atoms with van der Waals surface area (Å²) in [7, 11) is -5.17. The smallest absolute Gasteiger partial charge is 0.759 e. The van der Waals surface area contributed by atoms with Crippen molar-refractivity contribution in [1.29, 1.82) is 0 Å². The van der Waals surface area contributed by atoms with Gasteiger partial charge in [0.25, 0.3) is 0 Å². The fraction of sp³-hybridized carbons (Fsp3) is 0.889. The first kappa shape index (κ1) is 47.5. The van der Waals surface area contributed by atoms with Gasteiger partial charge in [0, 0.05) is 23.6 Å². The largest absolute Gasteiger partial charge is 2.00 e. The van der Waals surface area contributed by atoms with E-state index in [2.05, 4.69) is 38.2 Å². The van der Waals surface area contributed by atoms with Crippen molar-refractivity contribution in [2.75, 3.05) is 13.2 Å². The third-order valence-electron chi connectivity index (χ3n) is 7.60. The Kier molecular flexibility index (Phi) is 46.5. The van der Waals surface area contributed by atoms with Crippen LogP contribution in [0.1, 0.15) is 194 Å². The summed E-state index contributed by atoms with van der Waals surface area (Å²) in [6.45, 7) is 6.54. The Balaban J connectivity index is -0.00000244. The second kappa shape index (κ2) is 42.1. The SMILES string of the molecule is CCCCCCCCC=CCCCCCCCCOCCCCCCCCC=CCCCCCCCC.O=S(=O)([O-])[O-].[Mg+2]. The van der Waals surface area contributed by atoms with E-state index >= 15 is 0 Å². The summed E-state index contributed by atoms with van der Waals surface area (Å²) in [6.07, 6.45) is 48.1. The molecule has 5 nitrogen and oxygen atoms in total. The van der Waals surface area contributed by atoms with Crippen LogP contribution in [0.2, 0.25) is 0 Å². The van der Waals surface area contributed by atoms with Gasteiger partial charge in [0.1, 0.15) is 0 Å². The van der Waals surface area contributed by atoms with Crippen LogP contribution in [0, 0.1) is 0 Å². The first-order chi connectivity index (χ1) is 20.4. The van der Waals surface area contributed by atoms with Crippen LogP contribution in [0.25, 0.3) is 0 Å². The molecule has 0 amide bonds. The Morgan fingerprint density at radius 2 is 0.628 bits per heavy atom. The van der Waals surface area contributed by atoms with Crippen molar-refractivity contribution < 1.29 is 22.3 Å². The van der Waals surface area contributed by atoms with Crippen molar-refractivity contribution in [3.63, 3.8) is 0 Å². The van der Waals surface area contributed by atoms with Crippen molar-refractivity contribution >= 4 is 33.5 Å². The van der Waals surface area contributed by atoms with Crippen LogP contribution >= 0.6 is 0 Å². The summed E-state index contributed by atoms with van der Waals surface area (Å²) in [4.78, 5) is 0. The van der Waals surface area contributed by atoms with E-state index in [1.165, 1.54) is 180 Å². The fourth-order valence-corrected chi connectivity index (χ4v) is 5.01. The second-order valence-corrected chi connectivity index (χ2v) is 12.7. The van der Waals surface area contributed by atoms with Gasteiger partial charge in [0.2, 0.25) is 0 Å². The minimum absolute atomic E-state index is 0. The van der Waals surface area contributed by atoms with Crippen LogP contribution in [0.3, 0.4) is 0 Å². The van der Waals surface area contributed by atoms with Gasteiger partial charge in [-0.05, 0) is 64.2 Å². The summed E-state index contributed by atoms with van der Waals surface area (Å²) in [5.41, 5.74) is 0. The summed E-state index contributed by atoms with van der Waals surface area (Å²) in [6, 6.07) is 0.